The van der Waals surface area contributed by atoms with Gasteiger partial charge in [-0.1, -0.05) is 11.6 Å². The van der Waals surface area contributed by atoms with Crippen LogP contribution < -0.4 is 0 Å². The highest BCUT2D eigenvalue weighted by atomic mass is 35.5. The van der Waals surface area contributed by atoms with Crippen molar-refractivity contribution >= 4 is 22.4 Å². The minimum Gasteiger partial charge on any atom is -0.264 e. The van der Waals surface area contributed by atoms with Crippen LogP contribution in [0.5, 0.6) is 0 Å². The number of aromatic nitrogens is 3. The van der Waals surface area contributed by atoms with Crippen LogP contribution in [-0.2, 0) is 0 Å². The van der Waals surface area contributed by atoms with E-state index in [-0.39, 0.29) is 0 Å². The van der Waals surface area contributed by atoms with E-state index in [4.69, 9.17) is 11.6 Å². The molecule has 3 nitrogen and oxygen atoms in total. The first-order valence-corrected chi connectivity index (χ1v) is 3.46. The highest BCUT2D eigenvalue weighted by Gasteiger charge is 1.97. The first kappa shape index (κ1) is 6.49. The van der Waals surface area contributed by atoms with Gasteiger partial charge < -0.3 is 0 Å². The predicted molar refractivity (Wildman–Crippen MR) is 42.3 cm³/mol. The summed E-state index contributed by atoms with van der Waals surface area (Å²) >= 11 is 5.76. The van der Waals surface area contributed by atoms with Gasteiger partial charge in [0.1, 0.15) is 0 Å². The number of rotatable bonds is 0. The van der Waals surface area contributed by atoms with E-state index in [2.05, 4.69) is 15.2 Å². The Kier molecular flexibility index (Phi) is 1.43. The van der Waals surface area contributed by atoms with E-state index in [0.29, 0.717) is 5.15 Å². The van der Waals surface area contributed by atoms with E-state index in [1.807, 2.05) is 6.07 Å². The van der Waals surface area contributed by atoms with Crippen molar-refractivity contribution in [3.05, 3.63) is 29.8 Å². The second-order valence-corrected chi connectivity index (χ2v) is 2.46. The predicted octanol–water partition coefficient (Wildman–Crippen LogP) is 1.68. The van der Waals surface area contributed by atoms with Gasteiger partial charge in [0.15, 0.2) is 5.15 Å². The molecule has 0 aliphatic rings. The topological polar surface area (TPSA) is 38.7 Å². The van der Waals surface area contributed by atoms with Crippen molar-refractivity contribution < 1.29 is 0 Å². The number of hydrogen-bond acceptors (Lipinski definition) is 3. The highest BCUT2D eigenvalue weighted by molar-refractivity contribution is 6.34. The van der Waals surface area contributed by atoms with Gasteiger partial charge >= 0.3 is 0 Å². The second-order valence-electron chi connectivity index (χ2n) is 2.10. The number of halogens is 1. The molecule has 0 saturated heterocycles. The zero-order chi connectivity index (χ0) is 7.68. The van der Waals surface area contributed by atoms with Crippen molar-refractivity contribution in [3.8, 4) is 0 Å². The lowest BCUT2D eigenvalue weighted by atomic mass is 10.3. The summed E-state index contributed by atoms with van der Waals surface area (Å²) in [5.41, 5.74) is 0. The summed E-state index contributed by atoms with van der Waals surface area (Å²) in [7, 11) is 0. The van der Waals surface area contributed by atoms with Crippen molar-refractivity contribution in [1.29, 1.82) is 0 Å². The molecule has 0 atom stereocenters. The maximum Gasteiger partial charge on any atom is 0.159 e. The molecule has 0 bridgehead atoms. The van der Waals surface area contributed by atoms with Gasteiger partial charge in [0, 0.05) is 23.2 Å². The van der Waals surface area contributed by atoms with E-state index in [0.717, 1.165) is 10.8 Å². The lowest BCUT2D eigenvalue weighted by Crippen LogP contribution is -1.83. The van der Waals surface area contributed by atoms with Crippen LogP contribution in [-0.4, -0.2) is 15.2 Å². The van der Waals surface area contributed by atoms with Crippen LogP contribution in [0.2, 0.25) is 5.15 Å². The largest absolute Gasteiger partial charge is 0.264 e. The summed E-state index contributed by atoms with van der Waals surface area (Å²) in [6.07, 6.45) is 5.01. The third-order valence-corrected chi connectivity index (χ3v) is 1.70. The molecule has 0 fully saturated rings. The van der Waals surface area contributed by atoms with Crippen molar-refractivity contribution in [3.63, 3.8) is 0 Å². The van der Waals surface area contributed by atoms with Crippen LogP contribution in [0.4, 0.5) is 0 Å². The van der Waals surface area contributed by atoms with Crippen LogP contribution >= 0.6 is 11.6 Å². The molecule has 0 aliphatic carbocycles. The second kappa shape index (κ2) is 2.43. The molecular formula is C7H4ClN3. The number of pyridine rings is 1. The first-order valence-electron chi connectivity index (χ1n) is 3.09. The van der Waals surface area contributed by atoms with Gasteiger partial charge in [0.25, 0.3) is 0 Å². The lowest BCUT2D eigenvalue weighted by molar-refractivity contribution is 1.05. The van der Waals surface area contributed by atoms with Gasteiger partial charge in [0.05, 0.1) is 6.20 Å². The molecule has 0 saturated carbocycles. The summed E-state index contributed by atoms with van der Waals surface area (Å²) in [6, 6.07) is 1.81. The minimum absolute atomic E-state index is 0.421. The molecule has 0 unspecified atom stereocenters. The smallest absolute Gasteiger partial charge is 0.159 e. The Labute approximate surface area is 68.0 Å². The SMILES string of the molecule is Clc1nncc2cnccc12. The fraction of sp³-hybridized carbons (Fsp3) is 0. The van der Waals surface area contributed by atoms with Gasteiger partial charge in [-0.05, 0) is 6.07 Å². The minimum atomic E-state index is 0.421. The summed E-state index contributed by atoms with van der Waals surface area (Å²) in [5.74, 6) is 0. The van der Waals surface area contributed by atoms with Crippen LogP contribution in [0.25, 0.3) is 10.8 Å². The molecule has 0 aliphatic heterocycles. The Balaban J connectivity index is 2.91. The quantitative estimate of drug-likeness (QED) is 0.596. The molecule has 2 heterocycles. The van der Waals surface area contributed by atoms with Crippen LogP contribution in [0.3, 0.4) is 0 Å². The number of hydrogen-bond donors (Lipinski definition) is 0. The Bertz CT molecular complexity index is 383. The van der Waals surface area contributed by atoms with E-state index >= 15 is 0 Å². The van der Waals surface area contributed by atoms with E-state index in [1.54, 1.807) is 18.6 Å². The van der Waals surface area contributed by atoms with Gasteiger partial charge in [-0.3, -0.25) is 4.98 Å². The molecule has 54 valence electrons. The molecule has 2 aromatic rings. The molecule has 0 amide bonds. The van der Waals surface area contributed by atoms with Crippen molar-refractivity contribution in [2.24, 2.45) is 0 Å². The fourth-order valence-corrected chi connectivity index (χ4v) is 1.11. The monoisotopic (exact) mass is 165 g/mol. The van der Waals surface area contributed by atoms with Crippen molar-refractivity contribution in [2.75, 3.05) is 0 Å². The average molecular weight is 166 g/mol. The van der Waals surface area contributed by atoms with Gasteiger partial charge in [0.2, 0.25) is 0 Å². The van der Waals surface area contributed by atoms with E-state index < -0.39 is 0 Å². The summed E-state index contributed by atoms with van der Waals surface area (Å²) in [6.45, 7) is 0. The molecule has 2 aromatic heterocycles. The van der Waals surface area contributed by atoms with Gasteiger partial charge in [-0.25, -0.2) is 0 Å². The van der Waals surface area contributed by atoms with Gasteiger partial charge in [-0.2, -0.15) is 5.10 Å². The first-order chi connectivity index (χ1) is 5.38. The number of nitrogens with zero attached hydrogens (tertiary/aromatic N) is 3. The maximum atomic E-state index is 5.76. The Morgan fingerprint density at radius 3 is 3.00 bits per heavy atom. The Hall–Kier alpha value is -1.22. The summed E-state index contributed by atoms with van der Waals surface area (Å²) in [5, 5.41) is 9.60. The molecular weight excluding hydrogens is 162 g/mol. The fourth-order valence-electron chi connectivity index (χ4n) is 0.893. The standard InChI is InChI=1S/C7H4ClN3/c8-7-6-1-2-9-3-5(6)4-10-11-7/h1-4H. The Morgan fingerprint density at radius 2 is 2.18 bits per heavy atom. The molecule has 2 rings (SSSR count). The highest BCUT2D eigenvalue weighted by Crippen LogP contribution is 2.17. The van der Waals surface area contributed by atoms with Gasteiger partial charge in [-0.15, -0.1) is 5.10 Å². The molecule has 0 radical (unpaired) electrons. The summed E-state index contributed by atoms with van der Waals surface area (Å²) in [4.78, 5) is 3.93. The Morgan fingerprint density at radius 1 is 1.27 bits per heavy atom. The van der Waals surface area contributed by atoms with E-state index in [1.165, 1.54) is 0 Å². The van der Waals surface area contributed by atoms with Crippen LogP contribution in [0.15, 0.2) is 24.7 Å². The zero-order valence-corrected chi connectivity index (χ0v) is 6.28. The third kappa shape index (κ3) is 1.03. The zero-order valence-electron chi connectivity index (χ0n) is 5.53. The third-order valence-electron chi connectivity index (χ3n) is 1.42. The normalized spacial score (nSPS) is 10.3. The van der Waals surface area contributed by atoms with Crippen LogP contribution in [0, 0.1) is 0 Å². The molecule has 0 spiro atoms. The van der Waals surface area contributed by atoms with Crippen molar-refractivity contribution in [2.45, 2.75) is 0 Å². The molecule has 0 N–H and O–H groups in total. The molecule has 11 heavy (non-hydrogen) atoms. The lowest BCUT2D eigenvalue weighted by Gasteiger charge is -1.94. The molecule has 0 aromatic carbocycles. The summed E-state index contributed by atoms with van der Waals surface area (Å²) < 4.78 is 0. The molecule has 4 heteroatoms. The van der Waals surface area contributed by atoms with E-state index in [9.17, 15) is 0 Å². The average Bonchev–Trinajstić information content (AvgIpc) is 2.06. The van der Waals surface area contributed by atoms with Crippen molar-refractivity contribution in [1.82, 2.24) is 15.2 Å². The van der Waals surface area contributed by atoms with Crippen LogP contribution in [0.1, 0.15) is 0 Å². The number of fused-ring (bicyclic) bond motifs is 1. The maximum absolute atomic E-state index is 5.76.